The molecule has 0 aliphatic heterocycles. The zero-order chi connectivity index (χ0) is 13.1. The van der Waals surface area contributed by atoms with Crippen molar-refractivity contribution < 1.29 is 13.9 Å². The quantitative estimate of drug-likeness (QED) is 0.833. The second kappa shape index (κ2) is 5.56. The molecule has 2 unspecified atom stereocenters. The first-order valence-corrected chi connectivity index (χ1v) is 5.77. The Morgan fingerprint density at radius 1 is 1.29 bits per heavy atom. The molecule has 0 saturated carbocycles. The molecule has 0 saturated heterocycles. The predicted octanol–water partition coefficient (Wildman–Crippen LogP) is 2.34. The topological polar surface area (TPSA) is 46.2 Å². The molecule has 1 aromatic carbocycles. The van der Waals surface area contributed by atoms with Crippen LogP contribution in [0.3, 0.4) is 0 Å². The summed E-state index contributed by atoms with van der Waals surface area (Å²) in [7, 11) is 0. The van der Waals surface area contributed by atoms with Crippen molar-refractivity contribution in [3.05, 3.63) is 35.4 Å². The lowest BCUT2D eigenvalue weighted by Gasteiger charge is -2.35. The summed E-state index contributed by atoms with van der Waals surface area (Å²) in [6.45, 7) is 3.67. The number of rotatable bonds is 5. The van der Waals surface area contributed by atoms with Gasteiger partial charge in [-0.25, -0.2) is 8.78 Å². The van der Waals surface area contributed by atoms with Crippen molar-refractivity contribution >= 4 is 0 Å². The molecular weight excluding hydrogens is 224 g/mol. The van der Waals surface area contributed by atoms with Gasteiger partial charge in [-0.3, -0.25) is 0 Å². The zero-order valence-electron chi connectivity index (χ0n) is 10.2. The van der Waals surface area contributed by atoms with E-state index in [2.05, 4.69) is 0 Å². The van der Waals surface area contributed by atoms with E-state index in [9.17, 15) is 8.78 Å². The Hall–Kier alpha value is -1.00. The fourth-order valence-corrected chi connectivity index (χ4v) is 2.11. The van der Waals surface area contributed by atoms with Gasteiger partial charge in [0.15, 0.2) is 0 Å². The van der Waals surface area contributed by atoms with Crippen LogP contribution in [-0.4, -0.2) is 17.8 Å². The Labute approximate surface area is 100 Å². The van der Waals surface area contributed by atoms with Gasteiger partial charge in [-0.05, 0) is 30.5 Å². The van der Waals surface area contributed by atoms with Crippen LogP contribution in [0, 0.1) is 11.6 Å². The molecule has 0 spiro atoms. The smallest absolute Gasteiger partial charge is 0.126 e. The maximum absolute atomic E-state index is 13.2. The van der Waals surface area contributed by atoms with Crippen molar-refractivity contribution in [1.82, 2.24) is 0 Å². The number of halogens is 2. The highest BCUT2D eigenvalue weighted by Crippen LogP contribution is 2.32. The van der Waals surface area contributed by atoms with Crippen molar-refractivity contribution in [2.75, 3.05) is 6.61 Å². The third kappa shape index (κ3) is 3.01. The summed E-state index contributed by atoms with van der Waals surface area (Å²) in [5.41, 5.74) is 5.89. The minimum atomic E-state index is -0.619. The Balaban J connectivity index is 3.21. The largest absolute Gasteiger partial charge is 0.396 e. The van der Waals surface area contributed by atoms with Gasteiger partial charge in [0, 0.05) is 24.1 Å². The summed E-state index contributed by atoms with van der Waals surface area (Å²) in [4.78, 5) is 0. The Morgan fingerprint density at radius 3 is 2.24 bits per heavy atom. The van der Waals surface area contributed by atoms with E-state index < -0.39 is 17.0 Å². The maximum atomic E-state index is 13.2. The second-order valence-electron chi connectivity index (χ2n) is 4.56. The molecular formula is C13H19F2NO. The Kier molecular flexibility index (Phi) is 4.60. The molecule has 0 aliphatic rings. The van der Waals surface area contributed by atoms with Gasteiger partial charge in [0.1, 0.15) is 11.6 Å². The van der Waals surface area contributed by atoms with E-state index in [4.69, 9.17) is 10.8 Å². The van der Waals surface area contributed by atoms with E-state index >= 15 is 0 Å². The van der Waals surface area contributed by atoms with Crippen molar-refractivity contribution in [3.8, 4) is 0 Å². The van der Waals surface area contributed by atoms with Crippen LogP contribution in [-0.2, 0) is 5.41 Å². The first kappa shape index (κ1) is 14.1. The van der Waals surface area contributed by atoms with Gasteiger partial charge in [-0.15, -0.1) is 0 Å². The molecule has 0 radical (unpaired) electrons. The molecule has 0 fully saturated rings. The molecule has 2 nitrogen and oxygen atoms in total. The molecule has 3 N–H and O–H groups in total. The number of hydrogen-bond donors (Lipinski definition) is 2. The van der Waals surface area contributed by atoms with Crippen LogP contribution in [0.1, 0.15) is 32.3 Å². The molecule has 0 bridgehead atoms. The average molecular weight is 243 g/mol. The van der Waals surface area contributed by atoms with E-state index in [1.807, 2.05) is 13.8 Å². The summed E-state index contributed by atoms with van der Waals surface area (Å²) >= 11 is 0. The summed E-state index contributed by atoms with van der Waals surface area (Å²) in [5.74, 6) is -1.24. The fraction of sp³-hybridized carbons (Fsp3) is 0.538. The van der Waals surface area contributed by atoms with Gasteiger partial charge < -0.3 is 10.8 Å². The predicted molar refractivity (Wildman–Crippen MR) is 63.7 cm³/mol. The van der Waals surface area contributed by atoms with Crippen molar-refractivity contribution in [2.45, 2.75) is 38.1 Å². The van der Waals surface area contributed by atoms with E-state index in [0.717, 1.165) is 6.07 Å². The van der Waals surface area contributed by atoms with Crippen LogP contribution >= 0.6 is 0 Å². The van der Waals surface area contributed by atoms with Gasteiger partial charge >= 0.3 is 0 Å². The van der Waals surface area contributed by atoms with Crippen LogP contribution in [0.4, 0.5) is 8.78 Å². The third-order valence-electron chi connectivity index (χ3n) is 3.41. The van der Waals surface area contributed by atoms with Gasteiger partial charge in [0.2, 0.25) is 0 Å². The fourth-order valence-electron chi connectivity index (χ4n) is 2.11. The first-order chi connectivity index (χ1) is 7.93. The normalized spacial score (nSPS) is 16.6. The summed E-state index contributed by atoms with van der Waals surface area (Å²) in [6, 6.07) is 3.15. The van der Waals surface area contributed by atoms with Gasteiger partial charge in [-0.1, -0.05) is 13.8 Å². The molecule has 0 aliphatic carbocycles. The Bertz CT molecular complexity index is 363. The molecule has 0 aromatic heterocycles. The second-order valence-corrected chi connectivity index (χ2v) is 4.56. The minimum Gasteiger partial charge on any atom is -0.396 e. The molecule has 1 rings (SSSR count). The lowest BCUT2D eigenvalue weighted by Crippen LogP contribution is -2.43. The Morgan fingerprint density at radius 2 is 1.82 bits per heavy atom. The molecule has 4 heteroatoms. The van der Waals surface area contributed by atoms with Crippen molar-refractivity contribution in [2.24, 2.45) is 5.73 Å². The number of aliphatic hydroxyl groups excluding tert-OH is 1. The summed E-state index contributed by atoms with van der Waals surface area (Å²) < 4.78 is 26.4. The lowest BCUT2D eigenvalue weighted by atomic mass is 9.73. The highest BCUT2D eigenvalue weighted by molar-refractivity contribution is 5.28. The van der Waals surface area contributed by atoms with Crippen LogP contribution in [0.2, 0.25) is 0 Å². The summed E-state index contributed by atoms with van der Waals surface area (Å²) in [5, 5.41) is 9.10. The molecule has 0 heterocycles. The van der Waals surface area contributed by atoms with Gasteiger partial charge in [0.05, 0.1) is 0 Å². The molecule has 17 heavy (non-hydrogen) atoms. The average Bonchev–Trinajstić information content (AvgIpc) is 2.26. The van der Waals surface area contributed by atoms with Crippen LogP contribution < -0.4 is 5.73 Å². The van der Waals surface area contributed by atoms with Crippen molar-refractivity contribution in [1.29, 1.82) is 0 Å². The third-order valence-corrected chi connectivity index (χ3v) is 3.41. The lowest BCUT2D eigenvalue weighted by molar-refractivity contribution is 0.222. The van der Waals surface area contributed by atoms with Gasteiger partial charge in [0.25, 0.3) is 0 Å². The highest BCUT2D eigenvalue weighted by atomic mass is 19.1. The molecule has 2 atom stereocenters. The molecule has 0 amide bonds. The van der Waals surface area contributed by atoms with E-state index in [0.29, 0.717) is 18.4 Å². The van der Waals surface area contributed by atoms with E-state index in [1.54, 1.807) is 0 Å². The van der Waals surface area contributed by atoms with Crippen LogP contribution in [0.5, 0.6) is 0 Å². The van der Waals surface area contributed by atoms with E-state index in [1.165, 1.54) is 12.1 Å². The first-order valence-electron chi connectivity index (χ1n) is 5.77. The SMILES string of the molecule is CCC(N)C(C)(CCO)c1cc(F)cc(F)c1. The number of hydrogen-bond acceptors (Lipinski definition) is 2. The summed E-state index contributed by atoms with van der Waals surface area (Å²) in [6.07, 6.45) is 1.06. The minimum absolute atomic E-state index is 0.0671. The van der Waals surface area contributed by atoms with Crippen molar-refractivity contribution in [3.63, 3.8) is 0 Å². The standard InChI is InChI=1S/C13H19F2NO/c1-3-12(16)13(2,4-5-17)9-6-10(14)8-11(15)7-9/h6-8,12,17H,3-5,16H2,1-2H3. The van der Waals surface area contributed by atoms with Crippen LogP contribution in [0.15, 0.2) is 18.2 Å². The van der Waals surface area contributed by atoms with Crippen LogP contribution in [0.25, 0.3) is 0 Å². The number of nitrogens with two attached hydrogens (primary N) is 1. The highest BCUT2D eigenvalue weighted by Gasteiger charge is 2.32. The maximum Gasteiger partial charge on any atom is 0.126 e. The number of benzene rings is 1. The van der Waals surface area contributed by atoms with Gasteiger partial charge in [-0.2, -0.15) is 0 Å². The monoisotopic (exact) mass is 243 g/mol. The van der Waals surface area contributed by atoms with E-state index in [-0.39, 0.29) is 12.6 Å². The number of aliphatic hydroxyl groups is 1. The molecule has 96 valence electrons. The molecule has 1 aromatic rings. The zero-order valence-corrected chi connectivity index (χ0v) is 10.2.